The summed E-state index contributed by atoms with van der Waals surface area (Å²) in [5, 5.41) is 5.04. The molecule has 3 heterocycles. The van der Waals surface area contributed by atoms with Crippen LogP contribution in [-0.2, 0) is 24.1 Å². The first-order valence-corrected chi connectivity index (χ1v) is 15.6. The molecule has 232 valence electrons. The number of amides is 1. The first-order valence-electron chi connectivity index (χ1n) is 14.7. The van der Waals surface area contributed by atoms with Crippen LogP contribution in [0.2, 0.25) is 0 Å². The number of pyridine rings is 1. The first-order chi connectivity index (χ1) is 22.5. The number of ether oxygens (including phenoxy) is 3. The molecule has 1 aliphatic rings. The van der Waals surface area contributed by atoms with Gasteiger partial charge < -0.3 is 25.3 Å². The van der Waals surface area contributed by atoms with E-state index < -0.39 is 11.9 Å². The molecule has 0 fully saturated rings. The number of aromatic nitrogens is 1. The monoisotopic (exact) mass is 633 g/mol. The molecule has 0 saturated carbocycles. The lowest BCUT2D eigenvalue weighted by atomic mass is 9.93. The second-order valence-electron chi connectivity index (χ2n) is 10.6. The van der Waals surface area contributed by atoms with E-state index in [0.717, 1.165) is 27.1 Å². The minimum absolute atomic E-state index is 0.0571. The van der Waals surface area contributed by atoms with Gasteiger partial charge in [0.15, 0.2) is 12.0 Å². The summed E-state index contributed by atoms with van der Waals surface area (Å²) in [4.78, 5) is 43.9. The van der Waals surface area contributed by atoms with Crippen molar-refractivity contribution >= 4 is 35.2 Å². The topological polar surface area (TPSA) is 130 Å². The van der Waals surface area contributed by atoms with Crippen LogP contribution in [-0.4, -0.2) is 43.5 Å². The normalized spacial score (nSPS) is 11.8. The van der Waals surface area contributed by atoms with E-state index in [2.05, 4.69) is 16.4 Å². The van der Waals surface area contributed by atoms with Crippen molar-refractivity contribution in [2.24, 2.45) is 5.73 Å². The second kappa shape index (κ2) is 13.8. The lowest BCUT2D eigenvalue weighted by molar-refractivity contribution is 0.0594. The van der Waals surface area contributed by atoms with Crippen LogP contribution in [0.1, 0.15) is 48.0 Å². The van der Waals surface area contributed by atoms with Crippen molar-refractivity contribution in [1.29, 1.82) is 0 Å². The number of rotatable bonds is 10. The van der Waals surface area contributed by atoms with E-state index in [1.807, 2.05) is 47.8 Å². The van der Waals surface area contributed by atoms with Crippen LogP contribution in [0.5, 0.6) is 11.5 Å². The Kier molecular flexibility index (Phi) is 9.18. The minimum Gasteiger partial charge on any atom is -0.493 e. The van der Waals surface area contributed by atoms with Gasteiger partial charge in [-0.25, -0.2) is 9.78 Å². The van der Waals surface area contributed by atoms with E-state index in [9.17, 15) is 14.4 Å². The number of aldehydes is 1. The molecule has 0 unspecified atom stereocenters. The molecular weight excluding hydrogens is 602 g/mol. The van der Waals surface area contributed by atoms with Crippen LogP contribution in [0.15, 0.2) is 84.2 Å². The van der Waals surface area contributed by atoms with Crippen molar-refractivity contribution in [2.75, 3.05) is 25.6 Å². The number of esters is 1. The number of nitrogens with two attached hydrogens (primary N) is 1. The van der Waals surface area contributed by atoms with Gasteiger partial charge in [0, 0.05) is 46.5 Å². The standard InChI is InChI=1S/C36H31N3O6S/c1-43-36(42)33-26(9-8-25(21-40)38-33)27-19-31-29(34-24(12-15-44-31)13-16-46-34)18-28(27)35(41)39-30-10-7-23(20-37)17-32(30)45-14-11-22-5-3-2-4-6-22/h2-10,13,16-19,21H,11-12,14-15,20,37H2,1H3,(H,39,41). The Morgan fingerprint density at radius 3 is 2.63 bits per heavy atom. The average molecular weight is 634 g/mol. The molecule has 9 nitrogen and oxygen atoms in total. The Balaban J connectivity index is 1.43. The molecule has 1 amide bonds. The quantitative estimate of drug-likeness (QED) is 0.135. The summed E-state index contributed by atoms with van der Waals surface area (Å²) in [6, 6.07) is 24.1. The molecule has 0 spiro atoms. The molecule has 6 rings (SSSR count). The number of hydrogen-bond acceptors (Lipinski definition) is 9. The molecule has 3 N–H and O–H groups in total. The summed E-state index contributed by atoms with van der Waals surface area (Å²) in [6.45, 7) is 1.15. The third-order valence-electron chi connectivity index (χ3n) is 7.71. The summed E-state index contributed by atoms with van der Waals surface area (Å²) in [5.74, 6) is -0.128. The van der Waals surface area contributed by atoms with E-state index in [4.69, 9.17) is 19.9 Å². The van der Waals surface area contributed by atoms with Crippen LogP contribution >= 0.6 is 11.3 Å². The van der Waals surface area contributed by atoms with Crippen molar-refractivity contribution in [3.05, 3.63) is 118 Å². The predicted octanol–water partition coefficient (Wildman–Crippen LogP) is 6.34. The molecule has 0 atom stereocenters. The van der Waals surface area contributed by atoms with Gasteiger partial charge in [0.1, 0.15) is 17.2 Å². The molecular formula is C36H31N3O6S. The van der Waals surface area contributed by atoms with Crippen LogP contribution in [0.3, 0.4) is 0 Å². The lowest BCUT2D eigenvalue weighted by Gasteiger charge is -2.18. The molecule has 0 saturated heterocycles. The highest BCUT2D eigenvalue weighted by molar-refractivity contribution is 7.13. The number of fused-ring (bicyclic) bond motifs is 3. The third-order valence-corrected chi connectivity index (χ3v) is 8.70. The number of nitrogens with one attached hydrogen (secondary N) is 1. The Labute approximate surface area is 270 Å². The number of nitrogens with zero attached hydrogens (tertiary/aromatic N) is 1. The van der Waals surface area contributed by atoms with Gasteiger partial charge in [0.05, 0.1) is 26.0 Å². The van der Waals surface area contributed by atoms with Crippen LogP contribution < -0.4 is 20.5 Å². The molecule has 5 aromatic rings. The Morgan fingerprint density at radius 1 is 1.00 bits per heavy atom. The van der Waals surface area contributed by atoms with E-state index in [1.54, 1.807) is 35.6 Å². The molecule has 2 aromatic heterocycles. The van der Waals surface area contributed by atoms with Gasteiger partial charge in [-0.3, -0.25) is 9.59 Å². The van der Waals surface area contributed by atoms with Crippen molar-refractivity contribution in [1.82, 2.24) is 4.98 Å². The Hall–Kier alpha value is -5.32. The zero-order valence-electron chi connectivity index (χ0n) is 25.1. The van der Waals surface area contributed by atoms with Crippen LogP contribution in [0, 0.1) is 0 Å². The van der Waals surface area contributed by atoms with Crippen molar-refractivity contribution in [2.45, 2.75) is 19.4 Å². The summed E-state index contributed by atoms with van der Waals surface area (Å²) < 4.78 is 17.3. The minimum atomic E-state index is -0.743. The van der Waals surface area contributed by atoms with Gasteiger partial charge in [-0.15, -0.1) is 11.3 Å². The van der Waals surface area contributed by atoms with Gasteiger partial charge in [-0.05, 0) is 64.5 Å². The molecule has 0 aliphatic carbocycles. The zero-order valence-corrected chi connectivity index (χ0v) is 25.9. The SMILES string of the molecule is COC(=O)c1nc(C=O)ccc1-c1cc2c(cc1C(=O)Nc1ccc(CN)cc1OCCc1ccccc1)-c1sccc1CCO2. The number of methoxy groups -OCH3 is 1. The summed E-state index contributed by atoms with van der Waals surface area (Å²) >= 11 is 1.57. The van der Waals surface area contributed by atoms with Gasteiger partial charge in [0.2, 0.25) is 0 Å². The van der Waals surface area contributed by atoms with E-state index >= 15 is 0 Å². The number of thiophene rings is 1. The highest BCUT2D eigenvalue weighted by atomic mass is 32.1. The number of benzene rings is 3. The summed E-state index contributed by atoms with van der Waals surface area (Å²) in [6.07, 6.45) is 1.94. The summed E-state index contributed by atoms with van der Waals surface area (Å²) in [7, 11) is 1.23. The van der Waals surface area contributed by atoms with Gasteiger partial charge >= 0.3 is 5.97 Å². The lowest BCUT2D eigenvalue weighted by Crippen LogP contribution is -2.16. The zero-order chi connectivity index (χ0) is 32.0. The molecule has 0 bridgehead atoms. The maximum atomic E-state index is 14.3. The number of carbonyl (C=O) groups excluding carboxylic acids is 3. The van der Waals surface area contributed by atoms with Crippen LogP contribution in [0.4, 0.5) is 5.69 Å². The highest BCUT2D eigenvalue weighted by Gasteiger charge is 2.27. The fourth-order valence-corrected chi connectivity index (χ4v) is 6.34. The molecule has 3 aromatic carbocycles. The van der Waals surface area contributed by atoms with E-state index in [1.165, 1.54) is 13.2 Å². The second-order valence-corrected chi connectivity index (χ2v) is 11.5. The fourth-order valence-electron chi connectivity index (χ4n) is 5.37. The number of anilines is 1. The molecule has 1 aliphatic heterocycles. The molecule has 46 heavy (non-hydrogen) atoms. The largest absolute Gasteiger partial charge is 0.493 e. The third kappa shape index (κ3) is 6.39. The Morgan fingerprint density at radius 2 is 1.85 bits per heavy atom. The van der Waals surface area contributed by atoms with Crippen molar-refractivity contribution in [3.63, 3.8) is 0 Å². The number of carbonyl (C=O) groups is 3. The maximum absolute atomic E-state index is 14.3. The Bertz CT molecular complexity index is 1920. The number of hydrogen-bond donors (Lipinski definition) is 2. The predicted molar refractivity (Wildman–Crippen MR) is 177 cm³/mol. The molecule has 10 heteroatoms. The smallest absolute Gasteiger partial charge is 0.357 e. The van der Waals surface area contributed by atoms with Gasteiger partial charge in [-0.1, -0.05) is 36.4 Å². The first kappa shape index (κ1) is 30.7. The maximum Gasteiger partial charge on any atom is 0.357 e. The van der Waals surface area contributed by atoms with Crippen molar-refractivity contribution in [3.8, 4) is 33.1 Å². The summed E-state index contributed by atoms with van der Waals surface area (Å²) in [5.41, 5.74) is 11.2. The van der Waals surface area contributed by atoms with Crippen molar-refractivity contribution < 1.29 is 28.6 Å². The average Bonchev–Trinajstić information content (AvgIpc) is 3.49. The van der Waals surface area contributed by atoms with E-state index in [-0.39, 0.29) is 17.0 Å². The highest BCUT2D eigenvalue weighted by Crippen LogP contribution is 2.43. The van der Waals surface area contributed by atoms with Gasteiger partial charge in [0.25, 0.3) is 5.91 Å². The molecule has 0 radical (unpaired) electrons. The van der Waals surface area contributed by atoms with Gasteiger partial charge in [-0.2, -0.15) is 0 Å². The van der Waals surface area contributed by atoms with E-state index in [0.29, 0.717) is 67.2 Å². The fraction of sp³-hybridized carbons (Fsp3) is 0.167. The van der Waals surface area contributed by atoms with Crippen LogP contribution in [0.25, 0.3) is 21.6 Å².